The molecule has 1 fully saturated rings. The van der Waals surface area contributed by atoms with Crippen LogP contribution in [-0.2, 0) is 16.0 Å². The van der Waals surface area contributed by atoms with Gasteiger partial charge in [-0.15, -0.1) is 0 Å². The number of ether oxygens (including phenoxy) is 1. The van der Waals surface area contributed by atoms with Crippen LogP contribution < -0.4 is 5.32 Å². The summed E-state index contributed by atoms with van der Waals surface area (Å²) in [6.07, 6.45) is 8.07. The molecule has 154 valence electrons. The predicted molar refractivity (Wildman–Crippen MR) is 118 cm³/mol. The minimum atomic E-state index is -0.00380. The maximum atomic E-state index is 13.0. The van der Waals surface area contributed by atoms with Crippen molar-refractivity contribution in [2.45, 2.75) is 33.2 Å². The van der Waals surface area contributed by atoms with Crippen LogP contribution in [-0.4, -0.2) is 60.4 Å². The number of nitrogens with zero attached hydrogens (tertiary/aromatic N) is 3. The number of aliphatic imine (C=N–C) groups is 1. The van der Waals surface area contributed by atoms with Crippen molar-refractivity contribution in [1.82, 2.24) is 9.88 Å². The van der Waals surface area contributed by atoms with E-state index in [9.17, 15) is 4.79 Å². The zero-order chi connectivity index (χ0) is 20.8. The summed E-state index contributed by atoms with van der Waals surface area (Å²) in [5.41, 5.74) is 4.72. The Morgan fingerprint density at radius 1 is 1.34 bits per heavy atom. The van der Waals surface area contributed by atoms with Gasteiger partial charge in [0.25, 0.3) is 5.91 Å². The zero-order valence-corrected chi connectivity index (χ0v) is 17.6. The normalized spacial score (nSPS) is 17.7. The highest BCUT2D eigenvalue weighted by Gasteiger charge is 2.23. The highest BCUT2D eigenvalue weighted by Crippen LogP contribution is 2.27. The highest BCUT2D eigenvalue weighted by atomic mass is 16.5. The number of pyridine rings is 1. The third-order valence-corrected chi connectivity index (χ3v) is 4.94. The van der Waals surface area contributed by atoms with Crippen molar-refractivity contribution in [2.75, 3.05) is 38.2 Å². The van der Waals surface area contributed by atoms with Crippen molar-refractivity contribution in [1.29, 1.82) is 0 Å². The van der Waals surface area contributed by atoms with Gasteiger partial charge in [-0.1, -0.05) is 18.7 Å². The number of hydrogen-bond acceptors (Lipinski definition) is 5. The summed E-state index contributed by atoms with van der Waals surface area (Å²) in [4.78, 5) is 24.2. The lowest BCUT2D eigenvalue weighted by molar-refractivity contribution is -0.130. The third-order valence-electron chi connectivity index (χ3n) is 4.94. The van der Waals surface area contributed by atoms with Gasteiger partial charge in [-0.05, 0) is 50.5 Å². The van der Waals surface area contributed by atoms with Crippen LogP contribution in [0.25, 0.3) is 0 Å². The number of carbonyl (C=O) groups excluding carboxylic acids is 1. The first kappa shape index (κ1) is 21.0. The monoisotopic (exact) mass is 394 g/mol. The van der Waals surface area contributed by atoms with Crippen molar-refractivity contribution in [3.8, 4) is 0 Å². The quantitative estimate of drug-likeness (QED) is 0.594. The summed E-state index contributed by atoms with van der Waals surface area (Å²) in [6, 6.07) is 2.32. The molecule has 0 bridgehead atoms. The molecular formula is C23H30N4O2. The van der Waals surface area contributed by atoms with Crippen molar-refractivity contribution >= 4 is 17.4 Å². The number of allylic oxidation sites excluding steroid dienone is 3. The summed E-state index contributed by atoms with van der Waals surface area (Å²) >= 11 is 0. The number of aromatic nitrogens is 1. The standard InChI is InChI=1S/C23H30N4O2/c1-5-6-19(23(28)27-11-13-29-14-12-27)15-17(4)21-20-18(7-9-24-21)8-10-25-22(20)26-16(2)3/h5-6,8,10,15-16H,1,7,9,11-14H2,2-4H3,(H,25,26). The van der Waals surface area contributed by atoms with Crippen molar-refractivity contribution in [3.63, 3.8) is 0 Å². The molecule has 1 saturated heterocycles. The average molecular weight is 395 g/mol. The molecule has 6 nitrogen and oxygen atoms in total. The molecule has 29 heavy (non-hydrogen) atoms. The molecule has 0 radical (unpaired) electrons. The third kappa shape index (κ3) is 5.01. The second kappa shape index (κ2) is 9.65. The molecule has 2 aliphatic heterocycles. The van der Waals surface area contributed by atoms with Crippen LogP contribution in [0, 0.1) is 0 Å². The molecule has 1 amide bonds. The SMILES string of the molecule is C=CC=C(C=C(C)C1=NCCc2ccnc(NC(C)C)c21)C(=O)N1CCOCC1. The van der Waals surface area contributed by atoms with Crippen molar-refractivity contribution in [2.24, 2.45) is 4.99 Å². The van der Waals surface area contributed by atoms with Crippen molar-refractivity contribution < 1.29 is 9.53 Å². The first-order chi connectivity index (χ1) is 14.0. The molecule has 1 aromatic rings. The molecule has 0 aromatic carbocycles. The molecule has 1 N–H and O–H groups in total. The Balaban J connectivity index is 1.94. The summed E-state index contributed by atoms with van der Waals surface area (Å²) in [5.74, 6) is 0.841. The lowest BCUT2D eigenvalue weighted by Gasteiger charge is -2.27. The van der Waals surface area contributed by atoms with Gasteiger partial charge in [-0.25, -0.2) is 4.98 Å². The van der Waals surface area contributed by atoms with Gasteiger partial charge in [-0.3, -0.25) is 9.79 Å². The summed E-state index contributed by atoms with van der Waals surface area (Å²) in [5, 5.41) is 3.43. The average Bonchev–Trinajstić information content (AvgIpc) is 2.73. The number of nitrogens with one attached hydrogen (secondary N) is 1. The first-order valence-electron chi connectivity index (χ1n) is 10.2. The molecule has 6 heteroatoms. The number of anilines is 1. The van der Waals surface area contributed by atoms with Crippen LogP contribution in [0.1, 0.15) is 31.9 Å². The van der Waals surface area contributed by atoms with Gasteiger partial charge in [0.15, 0.2) is 0 Å². The van der Waals surface area contributed by atoms with E-state index in [1.165, 1.54) is 5.56 Å². The lowest BCUT2D eigenvalue weighted by Crippen LogP contribution is -2.41. The van der Waals surface area contributed by atoms with Gasteiger partial charge in [-0.2, -0.15) is 0 Å². The summed E-state index contributed by atoms with van der Waals surface area (Å²) in [7, 11) is 0. The van der Waals surface area contributed by atoms with E-state index in [0.29, 0.717) is 31.9 Å². The van der Waals surface area contributed by atoms with E-state index in [1.54, 1.807) is 12.2 Å². The van der Waals surface area contributed by atoms with Gasteiger partial charge in [0.1, 0.15) is 5.82 Å². The maximum absolute atomic E-state index is 13.0. The molecule has 0 atom stereocenters. The van der Waals surface area contributed by atoms with Gasteiger partial charge >= 0.3 is 0 Å². The Morgan fingerprint density at radius 3 is 2.79 bits per heavy atom. The van der Waals surface area contributed by atoms with Gasteiger partial charge in [0.2, 0.25) is 0 Å². The van der Waals surface area contributed by atoms with Crippen LogP contribution in [0.5, 0.6) is 0 Å². The predicted octanol–water partition coefficient (Wildman–Crippen LogP) is 3.16. The molecular weight excluding hydrogens is 364 g/mol. The van der Waals surface area contributed by atoms with Crippen LogP contribution in [0.3, 0.4) is 0 Å². The smallest absolute Gasteiger partial charge is 0.254 e. The van der Waals surface area contributed by atoms with E-state index < -0.39 is 0 Å². The molecule has 1 aromatic heterocycles. The van der Waals surface area contributed by atoms with Gasteiger partial charge in [0.05, 0.1) is 18.9 Å². The second-order valence-electron chi connectivity index (χ2n) is 7.56. The molecule has 0 saturated carbocycles. The molecule has 0 aliphatic carbocycles. The van der Waals surface area contributed by atoms with E-state index in [4.69, 9.17) is 9.73 Å². The Kier molecular flexibility index (Phi) is 6.99. The Hall–Kier alpha value is -2.73. The Labute approximate surface area is 173 Å². The van der Waals surface area contributed by atoms with Crippen LogP contribution >= 0.6 is 0 Å². The topological polar surface area (TPSA) is 66.8 Å². The number of carbonyl (C=O) groups is 1. The van der Waals surface area contributed by atoms with E-state index in [2.05, 4.69) is 36.8 Å². The Morgan fingerprint density at radius 2 is 2.10 bits per heavy atom. The lowest BCUT2D eigenvalue weighted by atomic mass is 9.93. The number of hydrogen-bond donors (Lipinski definition) is 1. The van der Waals surface area contributed by atoms with Crippen molar-refractivity contribution in [3.05, 3.63) is 59.3 Å². The largest absolute Gasteiger partial charge is 0.378 e. The van der Waals surface area contributed by atoms with Gasteiger partial charge < -0.3 is 15.0 Å². The fourth-order valence-corrected chi connectivity index (χ4v) is 3.60. The highest BCUT2D eigenvalue weighted by molar-refractivity contribution is 6.17. The zero-order valence-electron chi connectivity index (χ0n) is 17.6. The van der Waals surface area contributed by atoms with E-state index in [0.717, 1.165) is 35.6 Å². The Bertz CT molecular complexity index is 862. The second-order valence-corrected chi connectivity index (χ2v) is 7.56. The van der Waals surface area contributed by atoms with Gasteiger partial charge in [0, 0.05) is 43.0 Å². The molecule has 0 unspecified atom stereocenters. The van der Waals surface area contributed by atoms with E-state index in [1.807, 2.05) is 24.1 Å². The number of rotatable bonds is 6. The van der Waals surface area contributed by atoms with E-state index in [-0.39, 0.29) is 11.9 Å². The first-order valence-corrected chi connectivity index (χ1v) is 10.2. The minimum Gasteiger partial charge on any atom is -0.378 e. The summed E-state index contributed by atoms with van der Waals surface area (Å²) in [6.45, 7) is 13.1. The number of morpholine rings is 1. The molecule has 3 rings (SSSR count). The molecule has 3 heterocycles. The molecule has 0 spiro atoms. The summed E-state index contributed by atoms with van der Waals surface area (Å²) < 4.78 is 5.37. The maximum Gasteiger partial charge on any atom is 0.254 e. The fraction of sp³-hybridized carbons (Fsp3) is 0.435. The molecule has 2 aliphatic rings. The van der Waals surface area contributed by atoms with Crippen LogP contribution in [0.2, 0.25) is 0 Å². The van der Waals surface area contributed by atoms with Crippen LogP contribution in [0.15, 0.2) is 53.2 Å². The van der Waals surface area contributed by atoms with Crippen LogP contribution in [0.4, 0.5) is 5.82 Å². The fourth-order valence-electron chi connectivity index (χ4n) is 3.60. The number of fused-ring (bicyclic) bond motifs is 1. The minimum absolute atomic E-state index is 0.00380. The van der Waals surface area contributed by atoms with E-state index >= 15 is 0 Å². The number of amides is 1.